The van der Waals surface area contributed by atoms with Gasteiger partial charge in [-0.1, -0.05) is 25.5 Å². The standard InChI is InChI=1S/C26H33N5O6S/c1-13(2)9-8-10-19(32)30-20(14(3)4)25-29-18(12-38-25)24-31-21(16(6)37-24)22(33)27-15(5)23-28-17(11-36-23)26(34)35-7/h9,11-12,14-15,20H,8,10H2,1-7H3,(H,27,33)(H,30,32)/t15-,20-/m0/s1. The Morgan fingerprint density at radius 1 is 1.13 bits per heavy atom. The van der Waals surface area contributed by atoms with E-state index < -0.39 is 17.9 Å². The first kappa shape index (κ1) is 28.8. The van der Waals surface area contributed by atoms with Crippen molar-refractivity contribution in [2.75, 3.05) is 7.11 Å². The van der Waals surface area contributed by atoms with E-state index in [4.69, 9.17) is 8.83 Å². The van der Waals surface area contributed by atoms with Crippen molar-refractivity contribution in [1.82, 2.24) is 25.6 Å². The number of aryl methyl sites for hydroxylation is 1. The number of aromatic nitrogens is 3. The minimum atomic E-state index is -0.640. The molecule has 0 fully saturated rings. The molecule has 0 aliphatic rings. The highest BCUT2D eigenvalue weighted by Gasteiger charge is 2.26. The van der Waals surface area contributed by atoms with E-state index in [0.29, 0.717) is 24.3 Å². The highest BCUT2D eigenvalue weighted by molar-refractivity contribution is 7.10. The Morgan fingerprint density at radius 2 is 1.87 bits per heavy atom. The lowest BCUT2D eigenvalue weighted by atomic mass is 10.0. The van der Waals surface area contributed by atoms with Gasteiger partial charge in [0, 0.05) is 11.8 Å². The number of oxazole rings is 2. The van der Waals surface area contributed by atoms with Gasteiger partial charge in [-0.25, -0.2) is 19.7 Å². The van der Waals surface area contributed by atoms with Crippen LogP contribution in [0.3, 0.4) is 0 Å². The number of carbonyl (C=O) groups excluding carboxylic acids is 3. The van der Waals surface area contributed by atoms with Crippen molar-refractivity contribution in [3.8, 4) is 11.6 Å². The molecule has 0 radical (unpaired) electrons. The fourth-order valence-corrected chi connectivity index (χ4v) is 4.52. The highest BCUT2D eigenvalue weighted by Crippen LogP contribution is 2.30. The van der Waals surface area contributed by atoms with Crippen molar-refractivity contribution in [3.63, 3.8) is 0 Å². The zero-order valence-electron chi connectivity index (χ0n) is 22.6. The van der Waals surface area contributed by atoms with Crippen LogP contribution in [0.1, 0.15) is 97.2 Å². The number of allylic oxidation sites excluding steroid dienone is 2. The molecular weight excluding hydrogens is 510 g/mol. The summed E-state index contributed by atoms with van der Waals surface area (Å²) in [5.41, 5.74) is 1.75. The van der Waals surface area contributed by atoms with Crippen LogP contribution in [0.15, 0.2) is 32.1 Å². The maximum atomic E-state index is 12.9. The van der Waals surface area contributed by atoms with Crippen molar-refractivity contribution in [2.45, 2.75) is 66.5 Å². The van der Waals surface area contributed by atoms with E-state index in [2.05, 4.69) is 30.3 Å². The molecule has 12 heteroatoms. The van der Waals surface area contributed by atoms with Crippen LogP contribution < -0.4 is 10.6 Å². The molecule has 3 aromatic heterocycles. The summed E-state index contributed by atoms with van der Waals surface area (Å²) in [4.78, 5) is 50.0. The molecule has 3 rings (SSSR count). The van der Waals surface area contributed by atoms with E-state index in [0.717, 1.165) is 5.01 Å². The van der Waals surface area contributed by atoms with Gasteiger partial charge in [-0.2, -0.15) is 0 Å². The second kappa shape index (κ2) is 12.6. The van der Waals surface area contributed by atoms with E-state index >= 15 is 0 Å². The molecule has 0 saturated heterocycles. The van der Waals surface area contributed by atoms with Gasteiger partial charge in [-0.15, -0.1) is 11.3 Å². The summed E-state index contributed by atoms with van der Waals surface area (Å²) in [5.74, 6) is -0.401. The lowest BCUT2D eigenvalue weighted by molar-refractivity contribution is -0.122. The Balaban J connectivity index is 1.70. The quantitative estimate of drug-likeness (QED) is 0.253. The van der Waals surface area contributed by atoms with Crippen LogP contribution in [-0.2, 0) is 9.53 Å². The molecule has 2 amide bonds. The van der Waals surface area contributed by atoms with Gasteiger partial charge in [0.05, 0.1) is 13.2 Å². The summed E-state index contributed by atoms with van der Waals surface area (Å²) < 4.78 is 15.6. The van der Waals surface area contributed by atoms with Crippen molar-refractivity contribution >= 4 is 29.1 Å². The molecule has 3 aromatic rings. The third-order valence-electron chi connectivity index (χ3n) is 5.56. The van der Waals surface area contributed by atoms with Crippen LogP contribution in [0.2, 0.25) is 0 Å². The number of amides is 2. The maximum Gasteiger partial charge on any atom is 0.360 e. The molecule has 38 heavy (non-hydrogen) atoms. The molecule has 3 heterocycles. The third kappa shape index (κ3) is 7.15. The van der Waals surface area contributed by atoms with Gasteiger partial charge in [-0.3, -0.25) is 9.59 Å². The minimum Gasteiger partial charge on any atom is -0.464 e. The van der Waals surface area contributed by atoms with E-state index in [9.17, 15) is 14.4 Å². The number of hydrogen-bond donors (Lipinski definition) is 2. The maximum absolute atomic E-state index is 12.9. The monoisotopic (exact) mass is 543 g/mol. The minimum absolute atomic E-state index is 0.00613. The highest BCUT2D eigenvalue weighted by atomic mass is 32.1. The Labute approximate surface area is 225 Å². The van der Waals surface area contributed by atoms with Crippen LogP contribution in [0.5, 0.6) is 0 Å². The number of methoxy groups -OCH3 is 1. The Morgan fingerprint density at radius 3 is 2.53 bits per heavy atom. The number of nitrogens with zero attached hydrogens (tertiary/aromatic N) is 3. The number of rotatable bonds is 11. The number of esters is 1. The average Bonchev–Trinajstić information content (AvgIpc) is 3.61. The normalized spacial score (nSPS) is 12.6. The first-order chi connectivity index (χ1) is 18.0. The Hall–Kier alpha value is -3.80. The average molecular weight is 544 g/mol. The predicted molar refractivity (Wildman–Crippen MR) is 140 cm³/mol. The third-order valence-corrected chi connectivity index (χ3v) is 6.49. The molecule has 0 aliphatic heterocycles. The van der Waals surface area contributed by atoms with Gasteiger partial charge in [0.25, 0.3) is 5.91 Å². The molecule has 0 aromatic carbocycles. The summed E-state index contributed by atoms with van der Waals surface area (Å²) in [6.45, 7) is 11.3. The predicted octanol–water partition coefficient (Wildman–Crippen LogP) is 4.93. The Bertz CT molecular complexity index is 1320. The second-order valence-electron chi connectivity index (χ2n) is 9.36. The summed E-state index contributed by atoms with van der Waals surface area (Å²) in [6.07, 6.45) is 4.29. The Kier molecular flexibility index (Phi) is 9.56. The van der Waals surface area contributed by atoms with Crippen molar-refractivity contribution in [2.24, 2.45) is 5.92 Å². The smallest absolute Gasteiger partial charge is 0.360 e. The van der Waals surface area contributed by atoms with E-state index in [-0.39, 0.29) is 41.0 Å². The second-order valence-corrected chi connectivity index (χ2v) is 10.3. The summed E-state index contributed by atoms with van der Waals surface area (Å²) >= 11 is 1.39. The zero-order chi connectivity index (χ0) is 28.0. The number of ether oxygens (including phenoxy) is 1. The topological polar surface area (TPSA) is 149 Å². The fourth-order valence-electron chi connectivity index (χ4n) is 3.51. The van der Waals surface area contributed by atoms with Crippen molar-refractivity contribution < 1.29 is 28.0 Å². The van der Waals surface area contributed by atoms with Crippen LogP contribution in [0, 0.1) is 12.8 Å². The number of hydrogen-bond acceptors (Lipinski definition) is 10. The molecule has 0 aliphatic carbocycles. The zero-order valence-corrected chi connectivity index (χ0v) is 23.4. The van der Waals surface area contributed by atoms with E-state index in [1.165, 1.54) is 30.3 Å². The molecule has 204 valence electrons. The molecule has 11 nitrogen and oxygen atoms in total. The molecule has 0 spiro atoms. The van der Waals surface area contributed by atoms with Crippen LogP contribution in [0.4, 0.5) is 0 Å². The van der Waals surface area contributed by atoms with E-state index in [1.807, 2.05) is 33.8 Å². The number of nitrogens with one attached hydrogen (secondary N) is 2. The van der Waals surface area contributed by atoms with Gasteiger partial charge in [0.2, 0.25) is 17.7 Å². The van der Waals surface area contributed by atoms with Gasteiger partial charge < -0.3 is 24.2 Å². The molecule has 0 saturated carbocycles. The summed E-state index contributed by atoms with van der Waals surface area (Å²) in [7, 11) is 1.24. The van der Waals surface area contributed by atoms with Crippen LogP contribution >= 0.6 is 11.3 Å². The van der Waals surface area contributed by atoms with E-state index in [1.54, 1.807) is 19.2 Å². The number of carbonyl (C=O) groups is 3. The van der Waals surface area contributed by atoms with Crippen LogP contribution in [0.25, 0.3) is 11.6 Å². The number of thiazole rings is 1. The summed E-state index contributed by atoms with van der Waals surface area (Å²) in [5, 5.41) is 8.33. The first-order valence-corrected chi connectivity index (χ1v) is 13.1. The van der Waals surface area contributed by atoms with Crippen molar-refractivity contribution in [1.29, 1.82) is 0 Å². The van der Waals surface area contributed by atoms with Crippen molar-refractivity contribution in [3.05, 3.63) is 51.3 Å². The lowest BCUT2D eigenvalue weighted by Gasteiger charge is -2.20. The fraction of sp³-hybridized carbons (Fsp3) is 0.462. The van der Waals surface area contributed by atoms with Gasteiger partial charge in [-0.05, 0) is 40.0 Å². The van der Waals surface area contributed by atoms with Gasteiger partial charge in [0.1, 0.15) is 28.8 Å². The molecular formula is C26H33N5O6S. The SMILES string of the molecule is COC(=O)c1coc([C@H](C)NC(=O)c2nc(-c3csc([C@@H](NC(=O)CCC=C(C)C)C(C)C)n3)oc2C)n1. The largest absolute Gasteiger partial charge is 0.464 e. The molecule has 2 N–H and O–H groups in total. The molecule has 2 atom stereocenters. The molecule has 0 unspecified atom stereocenters. The summed E-state index contributed by atoms with van der Waals surface area (Å²) in [6, 6.07) is -0.901. The first-order valence-electron chi connectivity index (χ1n) is 12.2. The molecule has 0 bridgehead atoms. The van der Waals surface area contributed by atoms with Crippen LogP contribution in [-0.4, -0.2) is 39.8 Å². The van der Waals surface area contributed by atoms with Gasteiger partial charge >= 0.3 is 5.97 Å². The van der Waals surface area contributed by atoms with Gasteiger partial charge in [0.15, 0.2) is 11.4 Å². The lowest BCUT2D eigenvalue weighted by Crippen LogP contribution is -2.31.